The summed E-state index contributed by atoms with van der Waals surface area (Å²) in [6, 6.07) is 0.503. The van der Waals surface area contributed by atoms with Crippen molar-refractivity contribution in [1.29, 1.82) is 0 Å². The highest BCUT2D eigenvalue weighted by molar-refractivity contribution is 4.92. The van der Waals surface area contributed by atoms with Gasteiger partial charge in [-0.3, -0.25) is 4.68 Å². The highest BCUT2D eigenvalue weighted by Gasteiger charge is 2.22. The predicted octanol–water partition coefficient (Wildman–Crippen LogP) is 1.19. The van der Waals surface area contributed by atoms with Crippen LogP contribution in [0.5, 0.6) is 0 Å². The third kappa shape index (κ3) is 2.80. The SMILES string of the molecule is CC(C)NCc1cn(CC2CC2)nn1. The summed E-state index contributed by atoms with van der Waals surface area (Å²) >= 11 is 0. The van der Waals surface area contributed by atoms with Crippen LogP contribution in [-0.2, 0) is 13.1 Å². The average Bonchev–Trinajstić information content (AvgIpc) is 2.81. The van der Waals surface area contributed by atoms with E-state index in [0.29, 0.717) is 6.04 Å². The Kier molecular flexibility index (Phi) is 2.82. The zero-order valence-electron chi connectivity index (χ0n) is 8.90. The first-order valence-corrected chi connectivity index (χ1v) is 5.36. The molecule has 1 heterocycles. The van der Waals surface area contributed by atoms with Gasteiger partial charge in [0, 0.05) is 25.3 Å². The topological polar surface area (TPSA) is 42.7 Å². The smallest absolute Gasteiger partial charge is 0.0964 e. The Morgan fingerprint density at radius 2 is 2.36 bits per heavy atom. The molecular formula is C10H18N4. The number of nitrogens with one attached hydrogen (secondary N) is 1. The van der Waals surface area contributed by atoms with Crippen LogP contribution >= 0.6 is 0 Å². The minimum Gasteiger partial charge on any atom is -0.309 e. The van der Waals surface area contributed by atoms with Gasteiger partial charge in [0.15, 0.2) is 0 Å². The van der Waals surface area contributed by atoms with Crippen LogP contribution in [0.1, 0.15) is 32.4 Å². The molecule has 4 heteroatoms. The van der Waals surface area contributed by atoms with Crippen molar-refractivity contribution in [1.82, 2.24) is 20.3 Å². The summed E-state index contributed by atoms with van der Waals surface area (Å²) in [5.74, 6) is 0.864. The summed E-state index contributed by atoms with van der Waals surface area (Å²) < 4.78 is 1.97. The van der Waals surface area contributed by atoms with Gasteiger partial charge >= 0.3 is 0 Å². The van der Waals surface area contributed by atoms with E-state index in [1.54, 1.807) is 0 Å². The van der Waals surface area contributed by atoms with Crippen LogP contribution in [0.15, 0.2) is 6.20 Å². The fraction of sp³-hybridized carbons (Fsp3) is 0.800. The molecule has 0 aromatic carbocycles. The Labute approximate surface area is 84.7 Å². The highest BCUT2D eigenvalue weighted by atomic mass is 15.4. The van der Waals surface area contributed by atoms with Crippen LogP contribution < -0.4 is 5.32 Å². The summed E-state index contributed by atoms with van der Waals surface area (Å²) in [6.45, 7) is 6.14. The maximum atomic E-state index is 4.12. The number of rotatable bonds is 5. The molecule has 1 saturated carbocycles. The van der Waals surface area contributed by atoms with Crippen molar-refractivity contribution >= 4 is 0 Å². The summed E-state index contributed by atoms with van der Waals surface area (Å²) in [5.41, 5.74) is 1.04. The molecule has 0 spiro atoms. The molecule has 0 amide bonds. The molecule has 0 radical (unpaired) electrons. The fourth-order valence-electron chi connectivity index (χ4n) is 1.38. The molecule has 0 bridgehead atoms. The molecule has 0 saturated heterocycles. The molecule has 14 heavy (non-hydrogen) atoms. The van der Waals surface area contributed by atoms with Gasteiger partial charge in [0.1, 0.15) is 0 Å². The van der Waals surface area contributed by atoms with Crippen LogP contribution in [-0.4, -0.2) is 21.0 Å². The molecule has 1 aliphatic carbocycles. The van der Waals surface area contributed by atoms with E-state index in [1.807, 2.05) is 10.9 Å². The number of hydrogen-bond donors (Lipinski definition) is 1. The lowest BCUT2D eigenvalue weighted by Gasteiger charge is -2.04. The molecule has 1 aromatic rings. The third-order valence-corrected chi connectivity index (χ3v) is 2.42. The maximum absolute atomic E-state index is 4.12. The van der Waals surface area contributed by atoms with E-state index < -0.39 is 0 Å². The Hall–Kier alpha value is -0.900. The molecule has 2 rings (SSSR count). The summed E-state index contributed by atoms with van der Waals surface area (Å²) in [7, 11) is 0. The Bertz CT molecular complexity index is 288. The third-order valence-electron chi connectivity index (χ3n) is 2.42. The molecule has 1 fully saturated rings. The zero-order valence-corrected chi connectivity index (χ0v) is 8.90. The monoisotopic (exact) mass is 194 g/mol. The molecule has 0 unspecified atom stereocenters. The van der Waals surface area contributed by atoms with Gasteiger partial charge < -0.3 is 5.32 Å². The molecule has 1 aromatic heterocycles. The van der Waals surface area contributed by atoms with Crippen molar-refractivity contribution in [3.63, 3.8) is 0 Å². The largest absolute Gasteiger partial charge is 0.309 e. The van der Waals surface area contributed by atoms with Crippen LogP contribution in [0, 0.1) is 5.92 Å². The second-order valence-corrected chi connectivity index (χ2v) is 4.41. The van der Waals surface area contributed by atoms with E-state index >= 15 is 0 Å². The van der Waals surface area contributed by atoms with E-state index in [1.165, 1.54) is 12.8 Å². The lowest BCUT2D eigenvalue weighted by molar-refractivity contribution is 0.544. The minimum absolute atomic E-state index is 0.503. The molecular weight excluding hydrogens is 176 g/mol. The van der Waals surface area contributed by atoms with Gasteiger partial charge in [0.2, 0.25) is 0 Å². The average molecular weight is 194 g/mol. The van der Waals surface area contributed by atoms with Crippen molar-refractivity contribution in [2.24, 2.45) is 5.92 Å². The Morgan fingerprint density at radius 1 is 1.57 bits per heavy atom. The van der Waals surface area contributed by atoms with E-state index in [2.05, 4.69) is 29.5 Å². The highest BCUT2D eigenvalue weighted by Crippen LogP contribution is 2.30. The van der Waals surface area contributed by atoms with Crippen molar-refractivity contribution in [2.45, 2.75) is 45.8 Å². The second kappa shape index (κ2) is 4.09. The van der Waals surface area contributed by atoms with Gasteiger partial charge in [0.25, 0.3) is 0 Å². The molecule has 1 N–H and O–H groups in total. The Morgan fingerprint density at radius 3 is 3.00 bits per heavy atom. The van der Waals surface area contributed by atoms with Crippen LogP contribution in [0.2, 0.25) is 0 Å². The van der Waals surface area contributed by atoms with Crippen molar-refractivity contribution in [2.75, 3.05) is 0 Å². The van der Waals surface area contributed by atoms with E-state index in [4.69, 9.17) is 0 Å². The predicted molar refractivity (Wildman–Crippen MR) is 54.7 cm³/mol. The standard InChI is InChI=1S/C10H18N4/c1-8(2)11-5-10-7-14(13-12-10)6-9-3-4-9/h7-9,11H,3-6H2,1-2H3. The summed E-state index contributed by atoms with van der Waals surface area (Å²) in [6.07, 6.45) is 4.77. The Balaban J connectivity index is 1.82. The lowest BCUT2D eigenvalue weighted by Crippen LogP contribution is -2.21. The van der Waals surface area contributed by atoms with Crippen molar-refractivity contribution in [3.8, 4) is 0 Å². The van der Waals surface area contributed by atoms with Gasteiger partial charge in [-0.05, 0) is 18.8 Å². The first kappa shape index (κ1) is 9.65. The van der Waals surface area contributed by atoms with Crippen molar-refractivity contribution in [3.05, 3.63) is 11.9 Å². The molecule has 4 nitrogen and oxygen atoms in total. The number of aromatic nitrogens is 3. The van der Waals surface area contributed by atoms with Crippen LogP contribution in [0.4, 0.5) is 0 Å². The van der Waals surface area contributed by atoms with Crippen LogP contribution in [0.3, 0.4) is 0 Å². The van der Waals surface area contributed by atoms with E-state index in [-0.39, 0.29) is 0 Å². The van der Waals surface area contributed by atoms with Gasteiger partial charge in [-0.1, -0.05) is 19.1 Å². The first-order chi connectivity index (χ1) is 6.74. The zero-order chi connectivity index (χ0) is 9.97. The number of hydrogen-bond acceptors (Lipinski definition) is 3. The van der Waals surface area contributed by atoms with Gasteiger partial charge in [-0.2, -0.15) is 0 Å². The van der Waals surface area contributed by atoms with Gasteiger partial charge in [-0.25, -0.2) is 0 Å². The quantitative estimate of drug-likeness (QED) is 0.765. The van der Waals surface area contributed by atoms with Crippen LogP contribution in [0.25, 0.3) is 0 Å². The van der Waals surface area contributed by atoms with E-state index in [9.17, 15) is 0 Å². The van der Waals surface area contributed by atoms with Gasteiger partial charge in [-0.15, -0.1) is 5.10 Å². The lowest BCUT2D eigenvalue weighted by atomic mass is 10.3. The molecule has 78 valence electrons. The summed E-state index contributed by atoms with van der Waals surface area (Å²) in [5, 5.41) is 11.5. The minimum atomic E-state index is 0.503. The van der Waals surface area contributed by atoms with Gasteiger partial charge in [0.05, 0.1) is 5.69 Å². The number of nitrogens with zero attached hydrogens (tertiary/aromatic N) is 3. The second-order valence-electron chi connectivity index (χ2n) is 4.41. The first-order valence-electron chi connectivity index (χ1n) is 5.36. The van der Waals surface area contributed by atoms with E-state index in [0.717, 1.165) is 24.7 Å². The van der Waals surface area contributed by atoms with Crippen molar-refractivity contribution < 1.29 is 0 Å². The maximum Gasteiger partial charge on any atom is 0.0964 e. The molecule has 0 atom stereocenters. The fourth-order valence-corrected chi connectivity index (χ4v) is 1.38. The molecule has 0 aliphatic heterocycles. The normalized spacial score (nSPS) is 16.5. The summed E-state index contributed by atoms with van der Waals surface area (Å²) in [4.78, 5) is 0. The molecule has 1 aliphatic rings.